The number of benzene rings is 3. The zero-order chi connectivity index (χ0) is 21.7. The highest BCUT2D eigenvalue weighted by Gasteiger charge is 2.16. The lowest BCUT2D eigenvalue weighted by Crippen LogP contribution is -2.21. The van der Waals surface area contributed by atoms with E-state index in [9.17, 15) is 0 Å². The predicted molar refractivity (Wildman–Crippen MR) is 140 cm³/mol. The Morgan fingerprint density at radius 2 is 1.41 bits per heavy atom. The number of anilines is 1. The number of fused-ring (bicyclic) bond motifs is 3. The van der Waals surface area contributed by atoms with Crippen LogP contribution in [0, 0.1) is 0 Å². The molecule has 0 aliphatic heterocycles. The maximum absolute atomic E-state index is 6.32. The van der Waals surface area contributed by atoms with Gasteiger partial charge in [-0.15, -0.1) is 22.7 Å². The minimum Gasteiger partial charge on any atom is -0.363 e. The van der Waals surface area contributed by atoms with E-state index in [2.05, 4.69) is 68.1 Å². The van der Waals surface area contributed by atoms with Crippen LogP contribution in [0.4, 0.5) is 5.69 Å². The van der Waals surface area contributed by atoms with E-state index in [1.165, 1.54) is 31.3 Å². The number of hydrogen-bond acceptors (Lipinski definition) is 4. The van der Waals surface area contributed by atoms with E-state index in [0.717, 1.165) is 39.9 Å². The lowest BCUT2D eigenvalue weighted by molar-refractivity contribution is 0.812. The third-order valence-corrected chi connectivity index (χ3v) is 8.22. The van der Waals surface area contributed by atoms with Crippen molar-refractivity contribution >= 4 is 82.8 Å². The van der Waals surface area contributed by atoms with Crippen LogP contribution < -0.4 is 4.90 Å². The first-order chi connectivity index (χ1) is 15.6. The molecule has 0 atom stereocenters. The molecule has 6 rings (SSSR count). The van der Waals surface area contributed by atoms with Crippen LogP contribution in [-0.4, -0.2) is 9.97 Å². The number of H-pyrrole nitrogens is 1. The van der Waals surface area contributed by atoms with Crippen molar-refractivity contribution in [3.8, 4) is 0 Å². The lowest BCUT2D eigenvalue weighted by atomic mass is 10.1. The summed E-state index contributed by atoms with van der Waals surface area (Å²) in [4.78, 5) is 10.0. The van der Waals surface area contributed by atoms with E-state index in [-0.39, 0.29) is 0 Å². The number of nitrogens with one attached hydrogen (secondary N) is 1. The quantitative estimate of drug-likeness (QED) is 0.261. The fraction of sp³-hybridized carbons (Fsp3) is 0.0800. The van der Waals surface area contributed by atoms with E-state index in [1.54, 1.807) is 29.0 Å². The van der Waals surface area contributed by atoms with E-state index >= 15 is 0 Å². The van der Waals surface area contributed by atoms with E-state index in [4.69, 9.17) is 23.2 Å². The maximum atomic E-state index is 6.32. The van der Waals surface area contributed by atoms with Gasteiger partial charge in [-0.2, -0.15) is 0 Å². The Morgan fingerprint density at radius 1 is 0.781 bits per heavy atom. The number of halogens is 2. The number of imidazole rings is 1. The molecule has 0 unspecified atom stereocenters. The Kier molecular flexibility index (Phi) is 5.07. The van der Waals surface area contributed by atoms with Crippen molar-refractivity contribution < 1.29 is 0 Å². The van der Waals surface area contributed by atoms with Gasteiger partial charge in [0.25, 0.3) is 0 Å². The lowest BCUT2D eigenvalue weighted by Gasteiger charge is -2.25. The number of thiophene rings is 2. The summed E-state index contributed by atoms with van der Waals surface area (Å²) in [5, 5.41) is 8.44. The predicted octanol–water partition coefficient (Wildman–Crippen LogP) is 8.51. The molecular formula is C25H17Cl2N3S2. The van der Waals surface area contributed by atoms with E-state index in [1.807, 2.05) is 12.1 Å². The molecular weight excluding hydrogens is 477 g/mol. The smallest absolute Gasteiger partial charge is 0.0931 e. The second kappa shape index (κ2) is 8.09. The van der Waals surface area contributed by atoms with Crippen molar-refractivity contribution in [1.29, 1.82) is 0 Å². The van der Waals surface area contributed by atoms with Gasteiger partial charge in [0.1, 0.15) is 0 Å². The number of hydrogen-bond donors (Lipinski definition) is 1. The van der Waals surface area contributed by atoms with Crippen molar-refractivity contribution in [3.05, 3.63) is 92.9 Å². The van der Waals surface area contributed by atoms with Gasteiger partial charge in [0.15, 0.2) is 0 Å². The average Bonchev–Trinajstić information content (AvgIpc) is 3.52. The number of nitrogens with zero attached hydrogens (tertiary/aromatic N) is 2. The summed E-state index contributed by atoms with van der Waals surface area (Å²) < 4.78 is 2.50. The van der Waals surface area contributed by atoms with Crippen LogP contribution in [-0.2, 0) is 13.1 Å². The van der Waals surface area contributed by atoms with Crippen LogP contribution in [0.25, 0.3) is 31.2 Å². The Hall–Kier alpha value is -2.57. The van der Waals surface area contributed by atoms with Crippen LogP contribution in [0.1, 0.15) is 11.1 Å². The van der Waals surface area contributed by atoms with Crippen LogP contribution in [0.15, 0.2) is 71.7 Å². The zero-order valence-electron chi connectivity index (χ0n) is 16.8. The molecule has 3 heterocycles. The highest BCUT2D eigenvalue weighted by Crippen LogP contribution is 2.34. The molecule has 0 aliphatic carbocycles. The Labute approximate surface area is 202 Å². The van der Waals surface area contributed by atoms with E-state index < -0.39 is 0 Å². The molecule has 32 heavy (non-hydrogen) atoms. The van der Waals surface area contributed by atoms with Gasteiger partial charge in [-0.1, -0.05) is 23.2 Å². The number of aromatic nitrogens is 2. The third kappa shape index (κ3) is 3.65. The molecule has 1 N–H and O–H groups in total. The van der Waals surface area contributed by atoms with Crippen molar-refractivity contribution in [3.63, 3.8) is 0 Å². The summed E-state index contributed by atoms with van der Waals surface area (Å²) >= 11 is 16.2. The van der Waals surface area contributed by atoms with Gasteiger partial charge in [-0.3, -0.25) is 0 Å². The van der Waals surface area contributed by atoms with Crippen LogP contribution >= 0.6 is 45.9 Å². The zero-order valence-corrected chi connectivity index (χ0v) is 20.0. The van der Waals surface area contributed by atoms with Crippen LogP contribution in [0.5, 0.6) is 0 Å². The fourth-order valence-corrected chi connectivity index (χ4v) is 6.34. The first kappa shape index (κ1) is 20.1. The molecule has 0 aliphatic rings. The molecule has 7 heteroatoms. The Balaban J connectivity index is 1.44. The van der Waals surface area contributed by atoms with Crippen molar-refractivity contribution in [1.82, 2.24) is 9.97 Å². The van der Waals surface area contributed by atoms with Gasteiger partial charge in [-0.25, -0.2) is 4.98 Å². The molecule has 158 valence electrons. The van der Waals surface area contributed by atoms with Gasteiger partial charge < -0.3 is 9.88 Å². The van der Waals surface area contributed by atoms with E-state index in [0.29, 0.717) is 0 Å². The summed E-state index contributed by atoms with van der Waals surface area (Å²) in [6.45, 7) is 1.55. The number of aromatic amines is 1. The fourth-order valence-electron chi connectivity index (χ4n) is 4.12. The third-order valence-electron chi connectivity index (χ3n) is 5.72. The molecule has 0 fully saturated rings. The van der Waals surface area contributed by atoms with Gasteiger partial charge in [0.2, 0.25) is 0 Å². The highest BCUT2D eigenvalue weighted by atomic mass is 35.5. The topological polar surface area (TPSA) is 31.9 Å². The summed E-state index contributed by atoms with van der Waals surface area (Å²) in [6.07, 6.45) is 1.74. The standard InChI is InChI=1S/C25H17Cl2N3S2/c26-17-1-5-24-20(7-17)15(12-31-24)10-30(19-3-4-22-23(9-19)29-14-28-22)11-16-13-32-25-6-2-18(27)8-21(16)25/h1-9,12-14H,10-11H2,(H,28,29). The molecule has 0 saturated heterocycles. The van der Waals surface area contributed by atoms with Gasteiger partial charge >= 0.3 is 0 Å². The molecule has 6 aromatic rings. The van der Waals surface area contributed by atoms with Crippen molar-refractivity contribution in [2.24, 2.45) is 0 Å². The molecule has 0 bridgehead atoms. The summed E-state index contributed by atoms with van der Waals surface area (Å²) in [5.41, 5.74) is 5.69. The van der Waals surface area contributed by atoms with Crippen LogP contribution in [0.2, 0.25) is 10.0 Å². The first-order valence-electron chi connectivity index (χ1n) is 10.1. The minimum absolute atomic E-state index is 0.765. The second-order valence-corrected chi connectivity index (χ2v) is 10.5. The Morgan fingerprint density at radius 3 is 2.03 bits per heavy atom. The van der Waals surface area contributed by atoms with Crippen molar-refractivity contribution in [2.75, 3.05) is 4.90 Å². The monoisotopic (exact) mass is 493 g/mol. The van der Waals surface area contributed by atoms with Gasteiger partial charge in [-0.05, 0) is 87.3 Å². The van der Waals surface area contributed by atoms with Crippen molar-refractivity contribution in [2.45, 2.75) is 13.1 Å². The molecule has 3 aromatic heterocycles. The average molecular weight is 494 g/mol. The Bertz CT molecular complexity index is 1500. The normalized spacial score (nSPS) is 11.7. The van der Waals surface area contributed by atoms with Gasteiger partial charge in [0, 0.05) is 38.2 Å². The molecule has 0 radical (unpaired) electrons. The minimum atomic E-state index is 0.765. The van der Waals surface area contributed by atoms with Crippen LogP contribution in [0.3, 0.4) is 0 Å². The first-order valence-corrected chi connectivity index (χ1v) is 12.6. The summed E-state index contributed by atoms with van der Waals surface area (Å²) in [6, 6.07) is 18.6. The summed E-state index contributed by atoms with van der Waals surface area (Å²) in [5.74, 6) is 0. The molecule has 0 spiro atoms. The number of rotatable bonds is 5. The molecule has 3 aromatic carbocycles. The maximum Gasteiger partial charge on any atom is 0.0931 e. The summed E-state index contributed by atoms with van der Waals surface area (Å²) in [7, 11) is 0. The van der Waals surface area contributed by atoms with Gasteiger partial charge in [0.05, 0.1) is 17.4 Å². The highest BCUT2D eigenvalue weighted by molar-refractivity contribution is 7.17. The SMILES string of the molecule is Clc1ccc2scc(CN(Cc3csc4ccc(Cl)cc34)c3ccc4nc[nH]c4c3)c2c1. The largest absolute Gasteiger partial charge is 0.363 e. The molecule has 3 nitrogen and oxygen atoms in total. The molecule has 0 amide bonds. The second-order valence-electron chi connectivity index (χ2n) is 7.76. The molecule has 0 saturated carbocycles.